The Morgan fingerprint density at radius 1 is 1.00 bits per heavy atom. The summed E-state index contributed by atoms with van der Waals surface area (Å²) < 4.78 is 10.0. The zero-order valence-corrected chi connectivity index (χ0v) is 14.3. The second-order valence-electron chi connectivity index (χ2n) is 2.74. The molecule has 0 amide bonds. The van der Waals surface area contributed by atoms with Crippen LogP contribution in [0.4, 0.5) is 0 Å². The van der Waals surface area contributed by atoms with E-state index in [9.17, 15) is 9.59 Å². The number of hydrogen-bond acceptors (Lipinski definition) is 4. The zero-order valence-electron chi connectivity index (χ0n) is 9.96. The lowest BCUT2D eigenvalue weighted by Gasteiger charge is -2.08. The van der Waals surface area contributed by atoms with Gasteiger partial charge in [0.05, 0.1) is 15.1 Å². The molecule has 0 radical (unpaired) electrons. The van der Waals surface area contributed by atoms with Crippen LogP contribution in [0.15, 0.2) is 0 Å². The highest BCUT2D eigenvalue weighted by Crippen LogP contribution is 2.05. The van der Waals surface area contributed by atoms with Gasteiger partial charge in [0.1, 0.15) is 0 Å². The molecule has 0 aromatic rings. The second-order valence-corrected chi connectivity index (χ2v) is 8.87. The Kier molecular flexibility index (Phi) is 13.9. The van der Waals surface area contributed by atoms with Crippen LogP contribution in [0.3, 0.4) is 0 Å². The average Bonchev–Trinajstić information content (AvgIpc) is 2.16. The quantitative estimate of drug-likeness (QED) is 0.283. The van der Waals surface area contributed by atoms with Crippen LogP contribution in [0, 0.1) is 5.92 Å². The number of ether oxygens (including phenoxy) is 2. The minimum atomic E-state index is -0.815. The summed E-state index contributed by atoms with van der Waals surface area (Å²) in [7, 11) is 0. The minimum absolute atomic E-state index is 0.280. The minimum Gasteiger partial charge on any atom is -0.465 e. The Hall–Kier alpha value is 0.400. The van der Waals surface area contributed by atoms with E-state index in [-0.39, 0.29) is 13.2 Å². The van der Waals surface area contributed by atoms with Gasteiger partial charge in [-0.25, -0.2) is 0 Å². The molecule has 0 heterocycles. The summed E-state index contributed by atoms with van der Waals surface area (Å²) in [5.41, 5.74) is 0. The van der Waals surface area contributed by atoms with Crippen molar-refractivity contribution in [2.24, 2.45) is 5.92 Å². The van der Waals surface area contributed by atoms with Crippen molar-refractivity contribution in [1.29, 1.82) is 0 Å². The number of esters is 2. The molecule has 0 aliphatic carbocycles. The van der Waals surface area contributed by atoms with E-state index in [1.165, 1.54) is 6.92 Å². The molecule has 0 aromatic carbocycles. The van der Waals surface area contributed by atoms with Gasteiger partial charge in [0, 0.05) is 0 Å². The Balaban J connectivity index is 0. The molecule has 0 saturated heterocycles. The van der Waals surface area contributed by atoms with Crippen LogP contribution >= 0.6 is 45.2 Å². The fraction of sp³-hybridized carbons (Fsp3) is 0.800. The third-order valence-corrected chi connectivity index (χ3v) is 1.28. The Morgan fingerprint density at radius 2 is 1.25 bits per heavy atom. The van der Waals surface area contributed by atoms with E-state index in [4.69, 9.17) is 0 Å². The lowest BCUT2D eigenvalue weighted by Crippen LogP contribution is -2.25. The first-order valence-electron chi connectivity index (χ1n) is 4.98. The van der Waals surface area contributed by atoms with Crippen molar-refractivity contribution in [3.8, 4) is 0 Å². The van der Waals surface area contributed by atoms with Crippen LogP contribution in [-0.4, -0.2) is 27.1 Å². The number of alkyl halides is 2. The number of carbonyl (C=O) groups is 2. The van der Waals surface area contributed by atoms with Gasteiger partial charge in [-0.3, -0.25) is 9.59 Å². The number of halogens is 2. The van der Waals surface area contributed by atoms with Crippen molar-refractivity contribution in [3.63, 3.8) is 0 Å². The van der Waals surface area contributed by atoms with E-state index in [2.05, 4.69) is 61.6 Å². The molecule has 0 rings (SSSR count). The lowest BCUT2D eigenvalue weighted by molar-refractivity contribution is -0.160. The van der Waals surface area contributed by atoms with E-state index in [0.29, 0.717) is 0 Å². The summed E-state index contributed by atoms with van der Waals surface area (Å²) in [6.07, 6.45) is 0. The van der Waals surface area contributed by atoms with Crippen molar-refractivity contribution in [2.75, 3.05) is 13.2 Å². The van der Waals surface area contributed by atoms with Gasteiger partial charge in [-0.1, -0.05) is 45.2 Å². The third kappa shape index (κ3) is 12.5. The van der Waals surface area contributed by atoms with Crippen LogP contribution in [0.2, 0.25) is 0 Å². The van der Waals surface area contributed by atoms with Gasteiger partial charge in [-0.15, -0.1) is 0 Å². The normalized spacial score (nSPS) is 9.50. The predicted molar refractivity (Wildman–Crippen MR) is 79.9 cm³/mol. The Bertz CT molecular complexity index is 186. The maximum Gasteiger partial charge on any atom is 0.320 e. The highest BCUT2D eigenvalue weighted by atomic mass is 127. The molecular weight excluding hydrogens is 438 g/mol. The molecule has 0 spiro atoms. The van der Waals surface area contributed by atoms with Gasteiger partial charge in [0.25, 0.3) is 0 Å². The van der Waals surface area contributed by atoms with Gasteiger partial charge in [0.15, 0.2) is 5.92 Å². The topological polar surface area (TPSA) is 52.6 Å². The van der Waals surface area contributed by atoms with E-state index in [1.54, 1.807) is 13.8 Å². The van der Waals surface area contributed by atoms with Crippen LogP contribution in [-0.2, 0) is 19.1 Å². The van der Waals surface area contributed by atoms with Crippen molar-refractivity contribution in [3.05, 3.63) is 0 Å². The molecule has 96 valence electrons. The molecule has 0 aromatic heterocycles. The maximum absolute atomic E-state index is 10.9. The van der Waals surface area contributed by atoms with E-state index < -0.39 is 17.9 Å². The number of rotatable bonds is 4. The van der Waals surface area contributed by atoms with E-state index >= 15 is 0 Å². The lowest BCUT2D eigenvalue weighted by atomic mass is 10.2. The highest BCUT2D eigenvalue weighted by molar-refractivity contribution is 14.2. The highest BCUT2D eigenvalue weighted by Gasteiger charge is 2.23. The van der Waals surface area contributed by atoms with Gasteiger partial charge in [-0.2, -0.15) is 0 Å². The van der Waals surface area contributed by atoms with Crippen molar-refractivity contribution in [2.45, 2.75) is 29.6 Å². The molecule has 6 heteroatoms. The fourth-order valence-electron chi connectivity index (χ4n) is 0.631. The SMILES string of the molecule is CC(I)I.CCOC(=O)C(C)C(=O)OCC. The third-order valence-electron chi connectivity index (χ3n) is 1.28. The maximum atomic E-state index is 10.9. The number of carbonyl (C=O) groups excluding carboxylic acids is 2. The van der Waals surface area contributed by atoms with Crippen LogP contribution in [0.25, 0.3) is 0 Å². The summed E-state index contributed by atoms with van der Waals surface area (Å²) in [6, 6.07) is 0. The molecule has 0 aliphatic rings. The summed E-state index contributed by atoms with van der Waals surface area (Å²) >= 11 is 4.66. The first kappa shape index (κ1) is 18.8. The molecule has 0 bridgehead atoms. The smallest absolute Gasteiger partial charge is 0.320 e. The first-order chi connectivity index (χ1) is 7.36. The molecule has 0 atom stereocenters. The van der Waals surface area contributed by atoms with Crippen molar-refractivity contribution in [1.82, 2.24) is 0 Å². The van der Waals surface area contributed by atoms with Crippen LogP contribution in [0.5, 0.6) is 0 Å². The van der Waals surface area contributed by atoms with Crippen LogP contribution < -0.4 is 0 Å². The largest absolute Gasteiger partial charge is 0.465 e. The summed E-state index contributed by atoms with van der Waals surface area (Å²) in [5, 5.41) is 0. The molecular formula is C10H18I2O4. The van der Waals surface area contributed by atoms with E-state index in [1.807, 2.05) is 0 Å². The first-order valence-corrected chi connectivity index (χ1v) is 7.47. The average molecular weight is 456 g/mol. The summed E-state index contributed by atoms with van der Waals surface area (Å²) in [5.74, 6) is -1.88. The molecule has 0 saturated carbocycles. The number of hydrogen-bond donors (Lipinski definition) is 0. The summed E-state index contributed by atoms with van der Waals surface area (Å²) in [6.45, 7) is 7.55. The van der Waals surface area contributed by atoms with Gasteiger partial charge in [-0.05, 0) is 27.7 Å². The molecule has 0 unspecified atom stereocenters. The standard InChI is InChI=1S/C8H14O4.C2H4I2/c1-4-11-7(9)6(3)8(10)12-5-2;1-2(3)4/h6H,4-5H2,1-3H3;2H,1H3. The second kappa shape index (κ2) is 11.9. The van der Waals surface area contributed by atoms with Gasteiger partial charge in [0.2, 0.25) is 0 Å². The van der Waals surface area contributed by atoms with Crippen molar-refractivity contribution < 1.29 is 19.1 Å². The monoisotopic (exact) mass is 456 g/mol. The summed E-state index contributed by atoms with van der Waals surface area (Å²) in [4.78, 5) is 21.9. The van der Waals surface area contributed by atoms with E-state index in [0.717, 1.165) is 1.93 Å². The molecule has 16 heavy (non-hydrogen) atoms. The molecule has 0 N–H and O–H groups in total. The van der Waals surface area contributed by atoms with Gasteiger partial charge >= 0.3 is 11.9 Å². The molecule has 0 aliphatic heterocycles. The fourth-order valence-corrected chi connectivity index (χ4v) is 0.631. The molecule has 0 fully saturated rings. The molecule has 4 nitrogen and oxygen atoms in total. The van der Waals surface area contributed by atoms with Crippen LogP contribution in [0.1, 0.15) is 27.7 Å². The predicted octanol–water partition coefficient (Wildman–Crippen LogP) is 2.95. The Morgan fingerprint density at radius 3 is 1.44 bits per heavy atom. The van der Waals surface area contributed by atoms with Gasteiger partial charge < -0.3 is 9.47 Å². The Labute approximate surface area is 124 Å². The zero-order chi connectivity index (χ0) is 13.1. The van der Waals surface area contributed by atoms with Crippen molar-refractivity contribution >= 4 is 57.1 Å².